The topological polar surface area (TPSA) is 29.0 Å². The molecular weight excluding hydrogens is 206 g/mol. The highest BCUT2D eigenvalue weighted by molar-refractivity contribution is 7.10. The third-order valence-corrected chi connectivity index (χ3v) is 4.07. The molecule has 13 heavy (non-hydrogen) atoms. The quantitative estimate of drug-likeness (QED) is 0.719. The van der Waals surface area contributed by atoms with Crippen molar-refractivity contribution in [2.75, 3.05) is 11.4 Å². The molecule has 0 N–H and O–H groups in total. The normalized spacial score (nSPS) is 31.6. The van der Waals surface area contributed by atoms with Crippen molar-refractivity contribution in [2.45, 2.75) is 25.3 Å². The zero-order valence-corrected chi connectivity index (χ0v) is 8.68. The van der Waals surface area contributed by atoms with Crippen LogP contribution in [0.3, 0.4) is 0 Å². The van der Waals surface area contributed by atoms with E-state index in [-0.39, 0.29) is 0 Å². The molecule has 1 aromatic heterocycles. The van der Waals surface area contributed by atoms with Crippen LogP contribution in [0, 0.1) is 5.92 Å². The van der Waals surface area contributed by atoms with Crippen LogP contribution in [0.2, 0.25) is 5.28 Å². The monoisotopic (exact) mass is 215 g/mol. The van der Waals surface area contributed by atoms with Gasteiger partial charge in [-0.1, -0.05) is 0 Å². The summed E-state index contributed by atoms with van der Waals surface area (Å²) in [5.74, 6) is 0.896. The highest BCUT2D eigenvalue weighted by atomic mass is 35.5. The Morgan fingerprint density at radius 1 is 1.46 bits per heavy atom. The van der Waals surface area contributed by atoms with Crippen molar-refractivity contribution in [2.24, 2.45) is 5.92 Å². The van der Waals surface area contributed by atoms with E-state index in [0.29, 0.717) is 11.3 Å². The molecule has 1 saturated carbocycles. The van der Waals surface area contributed by atoms with Gasteiger partial charge in [0, 0.05) is 24.1 Å². The standard InChI is InChI=1S/C8H10ClN3S/c9-7-10-8(13-11-7)12-4-5-1-2-6(12)3-5/h5-6H,1-4H2. The molecule has 5 heteroatoms. The van der Waals surface area contributed by atoms with Gasteiger partial charge in [-0.15, -0.1) is 0 Å². The number of fused-ring (bicyclic) bond motifs is 2. The average molecular weight is 216 g/mol. The van der Waals surface area contributed by atoms with Crippen LogP contribution in [0.25, 0.3) is 0 Å². The van der Waals surface area contributed by atoms with Crippen molar-refractivity contribution < 1.29 is 0 Å². The molecule has 1 aliphatic carbocycles. The first-order chi connectivity index (χ1) is 6.33. The summed E-state index contributed by atoms with van der Waals surface area (Å²) in [4.78, 5) is 6.58. The molecule has 3 nitrogen and oxygen atoms in total. The van der Waals surface area contributed by atoms with Gasteiger partial charge in [-0.3, -0.25) is 0 Å². The molecule has 1 aromatic rings. The zero-order chi connectivity index (χ0) is 8.84. The van der Waals surface area contributed by atoms with Crippen LogP contribution in [-0.4, -0.2) is 21.9 Å². The van der Waals surface area contributed by atoms with Crippen LogP contribution in [0.4, 0.5) is 5.13 Å². The Labute approximate surface area is 85.9 Å². The van der Waals surface area contributed by atoms with Gasteiger partial charge in [-0.25, -0.2) is 0 Å². The van der Waals surface area contributed by atoms with Crippen molar-refractivity contribution in [1.29, 1.82) is 0 Å². The summed E-state index contributed by atoms with van der Waals surface area (Å²) in [6.07, 6.45) is 4.06. The average Bonchev–Trinajstić information content (AvgIpc) is 2.77. The van der Waals surface area contributed by atoms with Gasteiger partial charge < -0.3 is 4.90 Å². The SMILES string of the molecule is Clc1nsc(N2CC3CCC2C3)n1. The van der Waals surface area contributed by atoms with Crippen molar-refractivity contribution in [3.05, 3.63) is 5.28 Å². The molecule has 70 valence electrons. The summed E-state index contributed by atoms with van der Waals surface area (Å²) < 4.78 is 4.00. The minimum absolute atomic E-state index is 0.391. The molecule has 3 rings (SSSR count). The molecule has 1 saturated heterocycles. The highest BCUT2D eigenvalue weighted by Crippen LogP contribution is 2.40. The summed E-state index contributed by atoms with van der Waals surface area (Å²) in [6.45, 7) is 1.16. The van der Waals surface area contributed by atoms with Gasteiger partial charge in [0.15, 0.2) is 0 Å². The van der Waals surface area contributed by atoms with Crippen LogP contribution < -0.4 is 4.90 Å². The number of nitrogens with zero attached hydrogens (tertiary/aromatic N) is 3. The van der Waals surface area contributed by atoms with E-state index >= 15 is 0 Å². The van der Waals surface area contributed by atoms with Crippen molar-refractivity contribution >= 4 is 28.3 Å². The van der Waals surface area contributed by atoms with Crippen LogP contribution in [0.1, 0.15) is 19.3 Å². The second-order valence-electron chi connectivity index (χ2n) is 3.83. The van der Waals surface area contributed by atoms with Crippen LogP contribution in [0.5, 0.6) is 0 Å². The molecule has 2 atom stereocenters. The number of halogens is 1. The van der Waals surface area contributed by atoms with Gasteiger partial charge in [0.2, 0.25) is 10.4 Å². The lowest BCUT2D eigenvalue weighted by Crippen LogP contribution is -2.31. The van der Waals surface area contributed by atoms with Crippen LogP contribution in [0.15, 0.2) is 0 Å². The molecule has 2 bridgehead atoms. The first-order valence-electron chi connectivity index (χ1n) is 4.59. The lowest BCUT2D eigenvalue weighted by molar-refractivity contribution is 0.553. The molecule has 2 fully saturated rings. The van der Waals surface area contributed by atoms with E-state index in [9.17, 15) is 0 Å². The van der Waals surface area contributed by atoms with Gasteiger partial charge >= 0.3 is 0 Å². The van der Waals surface area contributed by atoms with E-state index in [4.69, 9.17) is 11.6 Å². The van der Waals surface area contributed by atoms with Gasteiger partial charge in [0.25, 0.3) is 0 Å². The second-order valence-corrected chi connectivity index (χ2v) is 4.90. The summed E-state index contributed by atoms with van der Waals surface area (Å²) in [5, 5.41) is 1.40. The number of anilines is 1. The molecule has 0 aromatic carbocycles. The highest BCUT2D eigenvalue weighted by Gasteiger charge is 2.39. The smallest absolute Gasteiger partial charge is 0.236 e. The van der Waals surface area contributed by atoms with Crippen LogP contribution in [-0.2, 0) is 0 Å². The van der Waals surface area contributed by atoms with Crippen molar-refractivity contribution in [3.63, 3.8) is 0 Å². The molecule has 0 spiro atoms. The number of piperidine rings is 1. The van der Waals surface area contributed by atoms with Crippen LogP contribution >= 0.6 is 23.1 Å². The number of rotatable bonds is 1. The van der Waals surface area contributed by atoms with Gasteiger partial charge in [0.1, 0.15) is 0 Å². The molecule has 0 radical (unpaired) electrons. The fourth-order valence-electron chi connectivity index (χ4n) is 2.47. The Morgan fingerprint density at radius 3 is 2.92 bits per heavy atom. The van der Waals surface area contributed by atoms with E-state index < -0.39 is 0 Å². The minimum atomic E-state index is 0.391. The lowest BCUT2D eigenvalue weighted by atomic mass is 10.1. The number of hydrogen-bond acceptors (Lipinski definition) is 4. The Hall–Kier alpha value is -0.350. The Balaban J connectivity index is 1.87. The first kappa shape index (κ1) is 8.00. The Morgan fingerprint density at radius 2 is 2.38 bits per heavy atom. The van der Waals surface area contributed by atoms with E-state index in [0.717, 1.165) is 17.6 Å². The van der Waals surface area contributed by atoms with Gasteiger partial charge in [0.05, 0.1) is 0 Å². The largest absolute Gasteiger partial charge is 0.344 e. The lowest BCUT2D eigenvalue weighted by Gasteiger charge is -2.25. The second kappa shape index (κ2) is 2.82. The van der Waals surface area contributed by atoms with E-state index in [2.05, 4.69) is 14.3 Å². The number of aromatic nitrogens is 2. The fraction of sp³-hybridized carbons (Fsp3) is 0.750. The van der Waals surface area contributed by atoms with Gasteiger partial charge in [-0.05, 0) is 36.8 Å². The molecule has 1 aliphatic heterocycles. The number of hydrogen-bond donors (Lipinski definition) is 0. The third-order valence-electron chi connectivity index (χ3n) is 3.05. The maximum atomic E-state index is 5.70. The zero-order valence-electron chi connectivity index (χ0n) is 7.11. The summed E-state index contributed by atoms with van der Waals surface area (Å²) in [6, 6.07) is 0.717. The Bertz CT molecular complexity index is 327. The first-order valence-corrected chi connectivity index (χ1v) is 5.74. The molecular formula is C8H10ClN3S. The molecule has 2 heterocycles. The Kier molecular flexibility index (Phi) is 1.73. The van der Waals surface area contributed by atoms with E-state index in [1.165, 1.54) is 30.8 Å². The third kappa shape index (κ3) is 1.23. The molecule has 2 unspecified atom stereocenters. The summed E-state index contributed by atoms with van der Waals surface area (Å²) >= 11 is 7.12. The van der Waals surface area contributed by atoms with E-state index in [1.54, 1.807) is 0 Å². The maximum Gasteiger partial charge on any atom is 0.236 e. The summed E-state index contributed by atoms with van der Waals surface area (Å²) in [5.41, 5.74) is 0. The predicted octanol–water partition coefficient (Wildman–Crippen LogP) is 2.18. The minimum Gasteiger partial charge on any atom is -0.344 e. The molecule has 2 aliphatic rings. The van der Waals surface area contributed by atoms with Crippen molar-refractivity contribution in [3.8, 4) is 0 Å². The van der Waals surface area contributed by atoms with E-state index in [1.807, 2.05) is 0 Å². The fourth-order valence-corrected chi connectivity index (χ4v) is 3.36. The predicted molar refractivity (Wildman–Crippen MR) is 53.4 cm³/mol. The molecule has 0 amide bonds. The van der Waals surface area contributed by atoms with Crippen molar-refractivity contribution in [1.82, 2.24) is 9.36 Å². The van der Waals surface area contributed by atoms with Gasteiger partial charge in [-0.2, -0.15) is 9.36 Å². The summed E-state index contributed by atoms with van der Waals surface area (Å²) in [7, 11) is 0. The maximum absolute atomic E-state index is 5.70.